The number of benzene rings is 2. The van der Waals surface area contributed by atoms with Crippen LogP contribution in [0.1, 0.15) is 11.3 Å². The van der Waals surface area contributed by atoms with Crippen LogP contribution in [0.3, 0.4) is 0 Å². The SMILES string of the molecule is Cc1nn(CN(C)Cc2ccccc2OC(F)(F)F)c(=O)c2ccccc12. The Balaban J connectivity index is 1.83. The molecule has 0 amide bonds. The molecule has 0 N–H and O–H groups in total. The Bertz CT molecular complexity index is 1010. The third-order valence-corrected chi connectivity index (χ3v) is 4.07. The maximum atomic E-state index is 12.6. The predicted molar refractivity (Wildman–Crippen MR) is 95.3 cm³/mol. The van der Waals surface area contributed by atoms with Gasteiger partial charge in [0.1, 0.15) is 5.75 Å². The lowest BCUT2D eigenvalue weighted by atomic mass is 10.1. The molecule has 0 fully saturated rings. The highest BCUT2D eigenvalue weighted by atomic mass is 19.4. The minimum Gasteiger partial charge on any atom is -0.405 e. The lowest BCUT2D eigenvalue weighted by molar-refractivity contribution is -0.275. The average Bonchev–Trinajstić information content (AvgIpc) is 2.60. The van der Waals surface area contributed by atoms with E-state index in [0.717, 1.165) is 5.39 Å². The van der Waals surface area contributed by atoms with E-state index in [1.54, 1.807) is 36.2 Å². The number of aryl methyl sites for hydroxylation is 1. The van der Waals surface area contributed by atoms with Gasteiger partial charge in [0.05, 0.1) is 17.7 Å². The second-order valence-electron chi connectivity index (χ2n) is 6.25. The number of hydrogen-bond donors (Lipinski definition) is 0. The summed E-state index contributed by atoms with van der Waals surface area (Å²) in [6.45, 7) is 2.10. The molecule has 0 spiro atoms. The van der Waals surface area contributed by atoms with Gasteiger partial charge in [-0.1, -0.05) is 36.4 Å². The van der Waals surface area contributed by atoms with E-state index in [1.165, 1.54) is 16.8 Å². The van der Waals surface area contributed by atoms with Gasteiger partial charge >= 0.3 is 6.36 Å². The van der Waals surface area contributed by atoms with Gasteiger partial charge in [0.25, 0.3) is 5.56 Å². The lowest BCUT2D eigenvalue weighted by Gasteiger charge is -2.20. The zero-order chi connectivity index (χ0) is 19.6. The molecule has 0 unspecified atom stereocenters. The van der Waals surface area contributed by atoms with Crippen LogP contribution in [0, 0.1) is 6.92 Å². The number of aromatic nitrogens is 2. The largest absolute Gasteiger partial charge is 0.573 e. The summed E-state index contributed by atoms with van der Waals surface area (Å²) in [5, 5.41) is 5.65. The van der Waals surface area contributed by atoms with E-state index in [4.69, 9.17) is 0 Å². The first kappa shape index (κ1) is 18.9. The molecule has 8 heteroatoms. The second kappa shape index (κ2) is 7.40. The highest BCUT2D eigenvalue weighted by Gasteiger charge is 2.32. The van der Waals surface area contributed by atoms with Gasteiger partial charge in [-0.3, -0.25) is 9.69 Å². The summed E-state index contributed by atoms with van der Waals surface area (Å²) in [6, 6.07) is 13.1. The molecule has 5 nitrogen and oxygen atoms in total. The van der Waals surface area contributed by atoms with E-state index < -0.39 is 6.36 Å². The number of rotatable bonds is 5. The van der Waals surface area contributed by atoms with E-state index in [1.807, 2.05) is 19.1 Å². The molecule has 3 rings (SSSR count). The quantitative estimate of drug-likeness (QED) is 0.680. The van der Waals surface area contributed by atoms with Crippen molar-refractivity contribution in [3.63, 3.8) is 0 Å². The summed E-state index contributed by atoms with van der Waals surface area (Å²) >= 11 is 0. The van der Waals surface area contributed by atoms with Gasteiger partial charge in [-0.2, -0.15) is 5.10 Å². The van der Waals surface area contributed by atoms with Crippen LogP contribution in [0.4, 0.5) is 13.2 Å². The lowest BCUT2D eigenvalue weighted by Crippen LogP contribution is -2.32. The van der Waals surface area contributed by atoms with Gasteiger partial charge in [-0.05, 0) is 26.1 Å². The molecule has 0 aliphatic heterocycles. The molecular weight excluding hydrogens is 359 g/mol. The molecule has 1 aromatic heterocycles. The molecule has 0 aliphatic carbocycles. The molecule has 0 bridgehead atoms. The molecule has 1 heterocycles. The Kier molecular flexibility index (Phi) is 5.18. The van der Waals surface area contributed by atoms with Crippen molar-refractivity contribution in [2.24, 2.45) is 0 Å². The fourth-order valence-electron chi connectivity index (χ4n) is 2.93. The van der Waals surface area contributed by atoms with Crippen LogP contribution in [0.25, 0.3) is 10.8 Å². The summed E-state index contributed by atoms with van der Waals surface area (Å²) < 4.78 is 43.1. The van der Waals surface area contributed by atoms with Crippen LogP contribution in [0.2, 0.25) is 0 Å². The van der Waals surface area contributed by atoms with Crippen LogP contribution in [0.5, 0.6) is 5.75 Å². The van der Waals surface area contributed by atoms with Crippen molar-refractivity contribution in [1.82, 2.24) is 14.7 Å². The Morgan fingerprint density at radius 3 is 2.41 bits per heavy atom. The topological polar surface area (TPSA) is 47.4 Å². The Morgan fingerprint density at radius 1 is 1.07 bits per heavy atom. The number of alkyl halides is 3. The minimum absolute atomic E-state index is 0.130. The van der Waals surface area contributed by atoms with Crippen molar-refractivity contribution in [1.29, 1.82) is 0 Å². The molecule has 0 atom stereocenters. The van der Waals surface area contributed by atoms with Crippen LogP contribution in [-0.2, 0) is 13.2 Å². The average molecular weight is 377 g/mol. The number of ether oxygens (including phenoxy) is 1. The van der Waals surface area contributed by atoms with Crippen molar-refractivity contribution in [2.75, 3.05) is 7.05 Å². The smallest absolute Gasteiger partial charge is 0.405 e. The first-order valence-electron chi connectivity index (χ1n) is 8.23. The minimum atomic E-state index is -4.76. The monoisotopic (exact) mass is 377 g/mol. The van der Waals surface area contributed by atoms with Gasteiger partial charge in [0, 0.05) is 17.5 Å². The molecular formula is C19H18F3N3O2. The molecule has 27 heavy (non-hydrogen) atoms. The van der Waals surface area contributed by atoms with E-state index in [9.17, 15) is 18.0 Å². The van der Waals surface area contributed by atoms with Crippen LogP contribution in [0.15, 0.2) is 53.3 Å². The molecule has 0 saturated carbocycles. The summed E-state index contributed by atoms with van der Waals surface area (Å²) in [4.78, 5) is 14.3. The molecule has 3 aromatic rings. The zero-order valence-electron chi connectivity index (χ0n) is 14.8. The number of para-hydroxylation sites is 1. The van der Waals surface area contributed by atoms with Gasteiger partial charge < -0.3 is 4.74 Å². The number of halogens is 3. The van der Waals surface area contributed by atoms with Crippen molar-refractivity contribution in [2.45, 2.75) is 26.5 Å². The Hall–Kier alpha value is -2.87. The Labute approximate surface area is 153 Å². The standard InChI is InChI=1S/C19H18F3N3O2/c1-13-15-8-4-5-9-16(15)18(26)25(23-13)12-24(2)11-14-7-3-6-10-17(14)27-19(20,21)22/h3-10H,11-12H2,1-2H3. The summed E-state index contributed by atoms with van der Waals surface area (Å²) in [5.74, 6) is -0.258. The number of nitrogens with zero attached hydrogens (tertiary/aromatic N) is 3. The maximum absolute atomic E-state index is 12.6. The van der Waals surface area contributed by atoms with Crippen molar-refractivity contribution in [3.8, 4) is 5.75 Å². The highest BCUT2D eigenvalue weighted by Crippen LogP contribution is 2.27. The molecule has 0 aliphatic rings. The predicted octanol–water partition coefficient (Wildman–Crippen LogP) is 3.69. The van der Waals surface area contributed by atoms with Crippen molar-refractivity contribution < 1.29 is 17.9 Å². The van der Waals surface area contributed by atoms with E-state index in [0.29, 0.717) is 16.6 Å². The number of fused-ring (bicyclic) bond motifs is 1. The Morgan fingerprint density at radius 2 is 1.70 bits per heavy atom. The fraction of sp³-hybridized carbons (Fsp3) is 0.263. The molecule has 0 radical (unpaired) electrons. The van der Waals surface area contributed by atoms with Gasteiger partial charge in [-0.15, -0.1) is 13.2 Å². The number of hydrogen-bond acceptors (Lipinski definition) is 4. The van der Waals surface area contributed by atoms with E-state index >= 15 is 0 Å². The third kappa shape index (κ3) is 4.46. The maximum Gasteiger partial charge on any atom is 0.573 e. The summed E-state index contributed by atoms with van der Waals surface area (Å²) in [6.07, 6.45) is -4.76. The van der Waals surface area contributed by atoms with E-state index in [2.05, 4.69) is 9.84 Å². The van der Waals surface area contributed by atoms with Gasteiger partial charge in [0.2, 0.25) is 0 Å². The first-order chi connectivity index (χ1) is 12.7. The van der Waals surface area contributed by atoms with Crippen LogP contribution in [-0.4, -0.2) is 28.1 Å². The third-order valence-electron chi connectivity index (χ3n) is 4.07. The molecule has 142 valence electrons. The normalized spacial score (nSPS) is 11.9. The van der Waals surface area contributed by atoms with Crippen LogP contribution >= 0.6 is 0 Å². The summed E-state index contributed by atoms with van der Waals surface area (Å²) in [5.41, 5.74) is 0.824. The van der Waals surface area contributed by atoms with Crippen LogP contribution < -0.4 is 10.3 Å². The first-order valence-corrected chi connectivity index (χ1v) is 8.23. The zero-order valence-corrected chi connectivity index (χ0v) is 14.8. The second-order valence-corrected chi connectivity index (χ2v) is 6.25. The van der Waals surface area contributed by atoms with Gasteiger partial charge in [0.15, 0.2) is 0 Å². The van der Waals surface area contributed by atoms with Crippen molar-refractivity contribution >= 4 is 10.8 Å². The highest BCUT2D eigenvalue weighted by molar-refractivity contribution is 5.83. The van der Waals surface area contributed by atoms with Crippen molar-refractivity contribution in [3.05, 3.63) is 70.1 Å². The summed E-state index contributed by atoms with van der Waals surface area (Å²) in [7, 11) is 1.70. The van der Waals surface area contributed by atoms with Gasteiger partial charge in [-0.25, -0.2) is 4.68 Å². The van der Waals surface area contributed by atoms with E-state index in [-0.39, 0.29) is 24.5 Å². The molecule has 2 aromatic carbocycles. The molecule has 0 saturated heterocycles. The fourth-order valence-corrected chi connectivity index (χ4v) is 2.93.